The third-order valence-electron chi connectivity index (χ3n) is 5.42. The van der Waals surface area contributed by atoms with Gasteiger partial charge in [-0.1, -0.05) is 42.5 Å². The Morgan fingerprint density at radius 3 is 2.50 bits per heavy atom. The number of benzene rings is 1. The maximum Gasteiger partial charge on any atom is 0.326 e. The lowest BCUT2D eigenvalue weighted by atomic mass is 9.87. The van der Waals surface area contributed by atoms with Crippen LogP contribution in [0.15, 0.2) is 36.4 Å². The molecule has 0 aromatic heterocycles. The second kappa shape index (κ2) is 7.68. The molecule has 0 radical (unpaired) electrons. The van der Waals surface area contributed by atoms with Gasteiger partial charge in [0.15, 0.2) is 0 Å². The van der Waals surface area contributed by atoms with Gasteiger partial charge in [-0.2, -0.15) is 0 Å². The molecule has 2 heterocycles. The zero-order valence-electron chi connectivity index (χ0n) is 16.9. The SMILES string of the molecule is COC(=O)[C@]12C[C@@H](O)CN1[C@@H](/C=C/c1ccccc1)[C@@H](C(=O)OC(C)(C)C)C2. The molecule has 1 N–H and O–H groups in total. The number of nitrogens with zero attached hydrogens (tertiary/aromatic N) is 1. The van der Waals surface area contributed by atoms with Gasteiger partial charge in [0.05, 0.1) is 19.1 Å². The number of methoxy groups -OCH3 is 1. The van der Waals surface area contributed by atoms with E-state index in [4.69, 9.17) is 9.47 Å². The number of fused-ring (bicyclic) bond motifs is 1. The second-order valence-corrected chi connectivity index (χ2v) is 8.64. The summed E-state index contributed by atoms with van der Waals surface area (Å²) >= 11 is 0. The molecule has 2 saturated heterocycles. The van der Waals surface area contributed by atoms with E-state index in [9.17, 15) is 14.7 Å². The number of carbonyl (C=O) groups is 2. The molecule has 1 aromatic rings. The number of rotatable bonds is 4. The van der Waals surface area contributed by atoms with Crippen molar-refractivity contribution in [3.05, 3.63) is 42.0 Å². The fraction of sp³-hybridized carbons (Fsp3) is 0.545. The van der Waals surface area contributed by atoms with E-state index in [1.165, 1.54) is 7.11 Å². The minimum atomic E-state index is -0.999. The lowest BCUT2D eigenvalue weighted by Gasteiger charge is -2.31. The Kier molecular flexibility index (Phi) is 5.64. The van der Waals surface area contributed by atoms with E-state index in [-0.39, 0.29) is 24.9 Å². The summed E-state index contributed by atoms with van der Waals surface area (Å²) in [4.78, 5) is 27.6. The summed E-state index contributed by atoms with van der Waals surface area (Å²) in [5.74, 6) is -1.25. The number of carbonyl (C=O) groups excluding carboxylic acids is 2. The summed E-state index contributed by atoms with van der Waals surface area (Å²) < 4.78 is 10.7. The summed E-state index contributed by atoms with van der Waals surface area (Å²) in [5.41, 5.74) is -0.613. The standard InChI is InChI=1S/C22H29NO5/c1-21(2,3)28-19(25)17-13-22(20(26)27-4)12-16(24)14-23(22)18(17)11-10-15-8-6-5-7-9-15/h5-11,16-18,24H,12-14H2,1-4H3/b11-10+/t16-,17+,18+,22-/m1/s1. The van der Waals surface area contributed by atoms with Crippen LogP contribution in [0.2, 0.25) is 0 Å². The summed E-state index contributed by atoms with van der Waals surface area (Å²) in [5, 5.41) is 10.3. The van der Waals surface area contributed by atoms with Gasteiger partial charge < -0.3 is 14.6 Å². The molecule has 0 bridgehead atoms. The molecule has 2 aliphatic heterocycles. The van der Waals surface area contributed by atoms with Crippen LogP contribution in [-0.2, 0) is 19.1 Å². The normalized spacial score (nSPS) is 30.4. The Hall–Kier alpha value is -2.18. The van der Waals surface area contributed by atoms with E-state index in [2.05, 4.69) is 0 Å². The number of aliphatic hydroxyl groups excluding tert-OH is 1. The summed E-state index contributed by atoms with van der Waals surface area (Å²) in [6.07, 6.45) is 3.78. The second-order valence-electron chi connectivity index (χ2n) is 8.64. The van der Waals surface area contributed by atoms with E-state index < -0.39 is 29.1 Å². The molecule has 6 heteroatoms. The molecule has 0 aliphatic carbocycles. The number of β-amino-alcohol motifs (C(OH)–C–C–N with tert-alkyl or cyclic N) is 1. The predicted octanol–water partition coefficient (Wildman–Crippen LogP) is 2.41. The first kappa shape index (κ1) is 20.6. The highest BCUT2D eigenvalue weighted by atomic mass is 16.6. The van der Waals surface area contributed by atoms with Crippen molar-refractivity contribution in [1.82, 2.24) is 4.90 Å². The zero-order chi connectivity index (χ0) is 20.5. The minimum absolute atomic E-state index is 0.259. The first-order chi connectivity index (χ1) is 13.2. The van der Waals surface area contributed by atoms with Gasteiger partial charge in [0.25, 0.3) is 0 Å². The van der Waals surface area contributed by atoms with Crippen molar-refractivity contribution in [2.45, 2.75) is 56.9 Å². The van der Waals surface area contributed by atoms with Crippen LogP contribution in [0.3, 0.4) is 0 Å². The molecule has 0 saturated carbocycles. The molecule has 0 amide bonds. The zero-order valence-corrected chi connectivity index (χ0v) is 16.9. The van der Waals surface area contributed by atoms with Gasteiger partial charge in [-0.15, -0.1) is 0 Å². The average Bonchev–Trinajstić information content (AvgIpc) is 3.11. The van der Waals surface area contributed by atoms with Crippen LogP contribution >= 0.6 is 0 Å². The quantitative estimate of drug-likeness (QED) is 0.800. The van der Waals surface area contributed by atoms with E-state index >= 15 is 0 Å². The van der Waals surface area contributed by atoms with Crippen molar-refractivity contribution in [2.75, 3.05) is 13.7 Å². The van der Waals surface area contributed by atoms with Gasteiger partial charge in [0.1, 0.15) is 11.1 Å². The van der Waals surface area contributed by atoms with Crippen LogP contribution in [-0.4, -0.2) is 58.9 Å². The fourth-order valence-corrected chi connectivity index (χ4v) is 4.37. The van der Waals surface area contributed by atoms with Gasteiger partial charge in [-0.3, -0.25) is 14.5 Å². The van der Waals surface area contributed by atoms with Crippen LogP contribution in [0, 0.1) is 5.92 Å². The third kappa shape index (κ3) is 3.98. The smallest absolute Gasteiger partial charge is 0.326 e. The summed E-state index contributed by atoms with van der Waals surface area (Å²) in [7, 11) is 1.34. The highest BCUT2D eigenvalue weighted by Crippen LogP contribution is 2.47. The van der Waals surface area contributed by atoms with Crippen molar-refractivity contribution in [2.24, 2.45) is 5.92 Å². The lowest BCUT2D eigenvalue weighted by Crippen LogP contribution is -2.48. The fourth-order valence-electron chi connectivity index (χ4n) is 4.37. The molecule has 1 aromatic carbocycles. The van der Waals surface area contributed by atoms with Gasteiger partial charge in [0, 0.05) is 19.0 Å². The average molecular weight is 387 g/mol. The Bertz CT molecular complexity index is 754. The molecule has 3 rings (SSSR count). The molecule has 6 nitrogen and oxygen atoms in total. The molecule has 0 unspecified atom stereocenters. The summed E-state index contributed by atoms with van der Waals surface area (Å²) in [6, 6.07) is 9.41. The van der Waals surface area contributed by atoms with Crippen LogP contribution in [0.1, 0.15) is 39.2 Å². The molecule has 2 aliphatic rings. The monoisotopic (exact) mass is 387 g/mol. The molecule has 2 fully saturated rings. The molecule has 152 valence electrons. The Morgan fingerprint density at radius 2 is 1.89 bits per heavy atom. The number of hydrogen-bond donors (Lipinski definition) is 1. The molecule has 28 heavy (non-hydrogen) atoms. The lowest BCUT2D eigenvalue weighted by molar-refractivity contribution is -0.160. The minimum Gasteiger partial charge on any atom is -0.468 e. The Balaban J connectivity index is 1.96. The molecule has 4 atom stereocenters. The maximum absolute atomic E-state index is 13.0. The Labute approximate surface area is 166 Å². The number of ether oxygens (including phenoxy) is 2. The highest BCUT2D eigenvalue weighted by molar-refractivity contribution is 5.85. The van der Waals surface area contributed by atoms with Gasteiger partial charge in [-0.25, -0.2) is 0 Å². The van der Waals surface area contributed by atoms with Gasteiger partial charge >= 0.3 is 11.9 Å². The van der Waals surface area contributed by atoms with Gasteiger partial charge in [-0.05, 0) is 32.8 Å². The van der Waals surface area contributed by atoms with Crippen molar-refractivity contribution in [3.63, 3.8) is 0 Å². The topological polar surface area (TPSA) is 76.1 Å². The van der Waals surface area contributed by atoms with Crippen molar-refractivity contribution >= 4 is 18.0 Å². The highest BCUT2D eigenvalue weighted by Gasteiger charge is 2.62. The Morgan fingerprint density at radius 1 is 1.21 bits per heavy atom. The molecular formula is C22H29NO5. The van der Waals surface area contributed by atoms with Crippen LogP contribution in [0.5, 0.6) is 0 Å². The molecule has 0 spiro atoms. The van der Waals surface area contributed by atoms with Crippen LogP contribution < -0.4 is 0 Å². The predicted molar refractivity (Wildman–Crippen MR) is 105 cm³/mol. The van der Waals surface area contributed by atoms with Gasteiger partial charge in [0.2, 0.25) is 0 Å². The maximum atomic E-state index is 13.0. The largest absolute Gasteiger partial charge is 0.468 e. The number of esters is 2. The number of hydrogen-bond acceptors (Lipinski definition) is 6. The third-order valence-corrected chi connectivity index (χ3v) is 5.42. The molecular weight excluding hydrogens is 358 g/mol. The van der Waals surface area contributed by atoms with Crippen LogP contribution in [0.25, 0.3) is 6.08 Å². The van der Waals surface area contributed by atoms with E-state index in [1.54, 1.807) is 0 Å². The first-order valence-electron chi connectivity index (χ1n) is 9.65. The number of aliphatic hydroxyl groups is 1. The van der Waals surface area contributed by atoms with Crippen molar-refractivity contribution in [1.29, 1.82) is 0 Å². The summed E-state index contributed by atoms with van der Waals surface area (Å²) in [6.45, 7) is 5.80. The van der Waals surface area contributed by atoms with E-state index in [0.29, 0.717) is 6.54 Å². The van der Waals surface area contributed by atoms with Crippen LogP contribution in [0.4, 0.5) is 0 Å². The van der Waals surface area contributed by atoms with E-state index in [0.717, 1.165) is 5.56 Å². The van der Waals surface area contributed by atoms with Crippen molar-refractivity contribution in [3.8, 4) is 0 Å². The van der Waals surface area contributed by atoms with Crippen molar-refractivity contribution < 1.29 is 24.2 Å². The van der Waals surface area contributed by atoms with E-state index in [1.807, 2.05) is 68.2 Å². The first-order valence-corrected chi connectivity index (χ1v) is 9.65.